The first-order chi connectivity index (χ1) is 18.9. The highest BCUT2D eigenvalue weighted by molar-refractivity contribution is 8.00. The summed E-state index contributed by atoms with van der Waals surface area (Å²) in [5.41, 5.74) is 4.78. The summed E-state index contributed by atoms with van der Waals surface area (Å²) < 4.78 is 4.41. The molecule has 0 radical (unpaired) electrons. The molecule has 7 heteroatoms. The topological polar surface area (TPSA) is 69.5 Å². The zero-order valence-corrected chi connectivity index (χ0v) is 23.9. The maximum absolute atomic E-state index is 13.8. The van der Waals surface area contributed by atoms with Crippen molar-refractivity contribution in [3.05, 3.63) is 65.4 Å². The number of aromatic nitrogens is 1. The number of anilines is 1. The van der Waals surface area contributed by atoms with Crippen molar-refractivity contribution >= 4 is 34.4 Å². The molecule has 3 aromatic rings. The minimum Gasteiger partial charge on any atom is -0.390 e. The Balaban J connectivity index is 1.41. The van der Waals surface area contributed by atoms with Crippen molar-refractivity contribution in [2.24, 2.45) is 0 Å². The molecular formula is C32H40N4O2S. The predicted molar refractivity (Wildman–Crippen MR) is 162 cm³/mol. The second-order valence-electron chi connectivity index (χ2n) is 10.9. The van der Waals surface area contributed by atoms with Gasteiger partial charge in [0.15, 0.2) is 0 Å². The molecule has 2 aromatic carbocycles. The second-order valence-corrected chi connectivity index (χ2v) is 12.1. The van der Waals surface area contributed by atoms with Crippen LogP contribution in [-0.2, 0) is 19.4 Å². The third-order valence-electron chi connectivity index (χ3n) is 8.35. The summed E-state index contributed by atoms with van der Waals surface area (Å²) >= 11 is 1.78. The van der Waals surface area contributed by atoms with Gasteiger partial charge >= 0.3 is 0 Å². The summed E-state index contributed by atoms with van der Waals surface area (Å²) in [4.78, 5) is 13.8. The van der Waals surface area contributed by atoms with Crippen LogP contribution in [0.4, 0.5) is 5.69 Å². The van der Waals surface area contributed by atoms with E-state index in [0.29, 0.717) is 18.5 Å². The Morgan fingerprint density at radius 3 is 2.69 bits per heavy atom. The standard InChI is InChI=1S/C32H40N4O2S/c1-4-32(15-10-7-11-16-32)33-21-29(37)26(18-23-12-8-6-9-13-23)34-31(38)25-19-27-30-24(14-17-39-35(27)3)22-36(5-2)28(30)20-25/h1,6,8-9,12-13,19-20,22,26,29,33,37H,5,7,10-11,14-18,21H2,2-3H3,(H,34,38)/t26-,29+/m0/s1. The number of β-amino-alcohol motifs (C(OH)–C–C–N with tert-alkyl or cyclic N) is 1. The highest BCUT2D eigenvalue weighted by Gasteiger charge is 2.32. The number of hydrogen-bond acceptors (Lipinski definition) is 5. The number of amides is 1. The van der Waals surface area contributed by atoms with Crippen molar-refractivity contribution < 1.29 is 9.90 Å². The number of benzene rings is 2. The van der Waals surface area contributed by atoms with E-state index in [1.165, 1.54) is 17.4 Å². The lowest BCUT2D eigenvalue weighted by Gasteiger charge is -2.35. The molecular weight excluding hydrogens is 504 g/mol. The summed E-state index contributed by atoms with van der Waals surface area (Å²) in [6, 6.07) is 13.5. The number of aryl methyl sites for hydroxylation is 2. The van der Waals surface area contributed by atoms with E-state index in [4.69, 9.17) is 6.42 Å². The molecule has 206 valence electrons. The van der Waals surface area contributed by atoms with Crippen molar-refractivity contribution in [2.75, 3.05) is 23.7 Å². The fraction of sp³-hybridized carbons (Fsp3) is 0.469. The van der Waals surface area contributed by atoms with E-state index in [1.54, 1.807) is 11.9 Å². The Morgan fingerprint density at radius 2 is 1.97 bits per heavy atom. The van der Waals surface area contributed by atoms with Gasteiger partial charge in [-0.25, -0.2) is 0 Å². The fourth-order valence-electron chi connectivity index (χ4n) is 6.05. The van der Waals surface area contributed by atoms with Gasteiger partial charge in [0.1, 0.15) is 0 Å². The van der Waals surface area contributed by atoms with Crippen molar-refractivity contribution in [1.82, 2.24) is 15.2 Å². The number of aliphatic hydroxyl groups excluding tert-OH is 1. The summed E-state index contributed by atoms with van der Waals surface area (Å²) in [5.74, 6) is 3.80. The Bertz CT molecular complexity index is 1340. The van der Waals surface area contributed by atoms with Crippen LogP contribution in [0, 0.1) is 12.3 Å². The lowest BCUT2D eigenvalue weighted by Crippen LogP contribution is -2.54. The average Bonchev–Trinajstić information content (AvgIpc) is 3.25. The second kappa shape index (κ2) is 12.1. The van der Waals surface area contributed by atoms with Crippen molar-refractivity contribution in [3.63, 3.8) is 0 Å². The number of nitrogens with zero attached hydrogens (tertiary/aromatic N) is 2. The maximum atomic E-state index is 13.8. The van der Waals surface area contributed by atoms with Gasteiger partial charge < -0.3 is 19.3 Å². The SMILES string of the molecule is C#CC1(NC[C@@H](O)[C@H](Cc2ccccc2)NC(=O)c2cc3c4c(cn(CC)c4c2)CCSN3C)CCCCC1. The molecule has 0 unspecified atom stereocenters. The molecule has 1 aromatic heterocycles. The van der Waals surface area contributed by atoms with E-state index in [9.17, 15) is 9.90 Å². The van der Waals surface area contributed by atoms with E-state index in [2.05, 4.69) is 45.6 Å². The zero-order valence-electron chi connectivity index (χ0n) is 23.1. The van der Waals surface area contributed by atoms with Gasteiger partial charge in [0, 0.05) is 43.0 Å². The molecule has 0 spiro atoms. The first kappa shape index (κ1) is 27.6. The molecule has 3 N–H and O–H groups in total. The molecule has 5 rings (SSSR count). The quantitative estimate of drug-likeness (QED) is 0.263. The van der Waals surface area contributed by atoms with Crippen LogP contribution < -0.4 is 14.9 Å². The molecule has 2 aliphatic rings. The van der Waals surface area contributed by atoms with Crippen LogP contribution in [0.15, 0.2) is 48.7 Å². The fourth-order valence-corrected chi connectivity index (χ4v) is 6.92. The van der Waals surface area contributed by atoms with Crippen LogP contribution in [-0.4, -0.2) is 52.6 Å². The third kappa shape index (κ3) is 5.99. The third-order valence-corrected chi connectivity index (χ3v) is 9.32. The van der Waals surface area contributed by atoms with Crippen molar-refractivity contribution in [3.8, 4) is 12.3 Å². The molecule has 1 aliphatic heterocycles. The van der Waals surface area contributed by atoms with E-state index < -0.39 is 12.1 Å². The number of nitrogens with one attached hydrogen (secondary N) is 2. The number of hydrogen-bond donors (Lipinski definition) is 3. The Morgan fingerprint density at radius 1 is 1.21 bits per heavy atom. The van der Waals surface area contributed by atoms with Crippen molar-refractivity contribution in [2.45, 2.75) is 76.1 Å². The lowest BCUT2D eigenvalue weighted by molar-refractivity contribution is 0.0810. The minimum atomic E-state index is -0.795. The monoisotopic (exact) mass is 544 g/mol. The smallest absolute Gasteiger partial charge is 0.251 e. The molecule has 0 bridgehead atoms. The molecule has 2 atom stereocenters. The van der Waals surface area contributed by atoms with Gasteiger partial charge in [0.2, 0.25) is 0 Å². The molecule has 1 amide bonds. The van der Waals surface area contributed by atoms with Gasteiger partial charge in [-0.05, 0) is 67.8 Å². The van der Waals surface area contributed by atoms with E-state index >= 15 is 0 Å². The predicted octanol–water partition coefficient (Wildman–Crippen LogP) is 4.93. The van der Waals surface area contributed by atoms with Crippen LogP contribution in [0.5, 0.6) is 0 Å². The van der Waals surface area contributed by atoms with Gasteiger partial charge in [0.05, 0.1) is 28.9 Å². The summed E-state index contributed by atoms with van der Waals surface area (Å²) in [6.45, 7) is 3.30. The van der Waals surface area contributed by atoms with Gasteiger partial charge in [-0.3, -0.25) is 10.1 Å². The van der Waals surface area contributed by atoms with Crippen LogP contribution in [0.3, 0.4) is 0 Å². The molecule has 0 saturated heterocycles. The summed E-state index contributed by atoms with van der Waals surface area (Å²) in [5, 5.41) is 19.3. The summed E-state index contributed by atoms with van der Waals surface area (Å²) in [7, 11) is 2.07. The largest absolute Gasteiger partial charge is 0.390 e. The molecule has 2 heterocycles. The number of carbonyl (C=O) groups is 1. The summed E-state index contributed by atoms with van der Waals surface area (Å²) in [6.07, 6.45) is 14.1. The minimum absolute atomic E-state index is 0.175. The van der Waals surface area contributed by atoms with Crippen LogP contribution in [0.2, 0.25) is 0 Å². The zero-order chi connectivity index (χ0) is 27.4. The maximum Gasteiger partial charge on any atom is 0.251 e. The number of terminal acetylenes is 1. The van der Waals surface area contributed by atoms with Gasteiger partial charge in [-0.15, -0.1) is 6.42 Å². The first-order valence-corrected chi connectivity index (χ1v) is 15.2. The van der Waals surface area contributed by atoms with Crippen LogP contribution in [0.1, 0.15) is 60.5 Å². The Labute approximate surface area is 236 Å². The van der Waals surface area contributed by atoms with Crippen LogP contribution in [0.25, 0.3) is 10.9 Å². The van der Waals surface area contributed by atoms with E-state index in [-0.39, 0.29) is 11.4 Å². The number of carbonyl (C=O) groups excluding carboxylic acids is 1. The molecule has 39 heavy (non-hydrogen) atoms. The van der Waals surface area contributed by atoms with E-state index in [0.717, 1.165) is 61.2 Å². The normalized spacial score (nSPS) is 18.3. The van der Waals surface area contributed by atoms with Gasteiger partial charge in [0.25, 0.3) is 5.91 Å². The van der Waals surface area contributed by atoms with E-state index in [1.807, 2.05) is 42.5 Å². The molecule has 1 saturated carbocycles. The molecule has 1 fully saturated rings. The van der Waals surface area contributed by atoms with Crippen molar-refractivity contribution in [1.29, 1.82) is 0 Å². The first-order valence-electron chi connectivity index (χ1n) is 14.2. The van der Waals surface area contributed by atoms with Crippen LogP contribution >= 0.6 is 11.9 Å². The molecule has 1 aliphatic carbocycles. The Hall–Kier alpha value is -2.92. The number of aliphatic hydroxyl groups is 1. The average molecular weight is 545 g/mol. The highest BCUT2D eigenvalue weighted by atomic mass is 32.2. The number of rotatable bonds is 9. The Kier molecular flexibility index (Phi) is 8.56. The van der Waals surface area contributed by atoms with Gasteiger partial charge in [-0.2, -0.15) is 0 Å². The lowest BCUT2D eigenvalue weighted by atomic mass is 9.82. The van der Waals surface area contributed by atoms with Gasteiger partial charge in [-0.1, -0.05) is 55.5 Å². The highest BCUT2D eigenvalue weighted by Crippen LogP contribution is 2.38. The molecule has 6 nitrogen and oxygen atoms in total.